The zero-order valence-corrected chi connectivity index (χ0v) is 23.5. The highest BCUT2D eigenvalue weighted by Crippen LogP contribution is 2.68. The SMILES string of the molecule is CC(C)C(CC[C@@H](C)C1CCC2C3C(CC(O)[C@@]21C)[C@@]1(C)CC[C@H](C)C[C@@H]1C[C@H]3O)OS(=O)(=O)O. The van der Waals surface area contributed by atoms with E-state index in [9.17, 15) is 23.2 Å². The van der Waals surface area contributed by atoms with Crippen molar-refractivity contribution in [2.75, 3.05) is 0 Å². The maximum Gasteiger partial charge on any atom is 0.397 e. The standard InChI is InChI=1S/C28H50O6S/c1-16(2)24(34-35(31,32)33)10-7-18(4)20-8-9-21-26-22(15-25(30)28(20,21)6)27(5)12-11-17(3)13-19(27)14-23(26)29/h16-26,29-30H,7-15H2,1-6H3,(H,31,32,33)/t17-,18+,19+,20?,21?,22?,23+,24?,25?,26?,27-,28+/m0/s1. The molecule has 0 spiro atoms. The van der Waals surface area contributed by atoms with Crippen LogP contribution < -0.4 is 0 Å². The molecule has 3 N–H and O–H groups in total. The Morgan fingerprint density at radius 3 is 2.29 bits per heavy atom. The minimum Gasteiger partial charge on any atom is -0.393 e. The van der Waals surface area contributed by atoms with Gasteiger partial charge in [-0.2, -0.15) is 8.42 Å². The van der Waals surface area contributed by atoms with Gasteiger partial charge in [0, 0.05) is 0 Å². The van der Waals surface area contributed by atoms with E-state index in [1.54, 1.807) is 0 Å². The number of hydrogen-bond acceptors (Lipinski definition) is 5. The highest BCUT2D eigenvalue weighted by atomic mass is 32.3. The molecule has 12 atom stereocenters. The Balaban J connectivity index is 1.51. The van der Waals surface area contributed by atoms with E-state index in [4.69, 9.17) is 4.18 Å². The highest BCUT2D eigenvalue weighted by molar-refractivity contribution is 7.80. The molecule has 0 amide bonds. The minimum atomic E-state index is -4.48. The van der Waals surface area contributed by atoms with Crippen LogP contribution in [0.4, 0.5) is 0 Å². The fraction of sp³-hybridized carbons (Fsp3) is 1.00. The molecule has 35 heavy (non-hydrogen) atoms. The van der Waals surface area contributed by atoms with Crippen LogP contribution in [0.3, 0.4) is 0 Å². The van der Waals surface area contributed by atoms with Gasteiger partial charge in [0.05, 0.1) is 18.3 Å². The summed E-state index contributed by atoms with van der Waals surface area (Å²) in [5.41, 5.74) is -0.00993. The highest BCUT2D eigenvalue weighted by Gasteiger charge is 2.65. The number of fused-ring (bicyclic) bond motifs is 5. The van der Waals surface area contributed by atoms with E-state index in [2.05, 4.69) is 27.7 Å². The summed E-state index contributed by atoms with van der Waals surface area (Å²) in [4.78, 5) is 0. The van der Waals surface area contributed by atoms with Crippen LogP contribution in [-0.2, 0) is 14.6 Å². The van der Waals surface area contributed by atoms with Gasteiger partial charge < -0.3 is 10.2 Å². The first-order chi connectivity index (χ1) is 16.2. The zero-order valence-electron chi connectivity index (χ0n) is 22.7. The second kappa shape index (κ2) is 9.83. The molecule has 0 saturated heterocycles. The van der Waals surface area contributed by atoms with Crippen LogP contribution >= 0.6 is 0 Å². The first-order valence-corrected chi connectivity index (χ1v) is 15.6. The molecule has 204 valence electrons. The van der Waals surface area contributed by atoms with Crippen LogP contribution in [0.1, 0.15) is 99.3 Å². The lowest BCUT2D eigenvalue weighted by Gasteiger charge is -2.63. The second-order valence-electron chi connectivity index (χ2n) is 13.8. The summed E-state index contributed by atoms with van der Waals surface area (Å²) in [5, 5.41) is 23.2. The van der Waals surface area contributed by atoms with Crippen molar-refractivity contribution in [1.29, 1.82) is 0 Å². The largest absolute Gasteiger partial charge is 0.397 e. The summed E-state index contributed by atoms with van der Waals surface area (Å²) in [6.07, 6.45) is 7.60. The van der Waals surface area contributed by atoms with E-state index >= 15 is 0 Å². The average molecular weight is 515 g/mol. The summed E-state index contributed by atoms with van der Waals surface area (Å²) < 4.78 is 36.8. The maximum absolute atomic E-state index is 11.7. The van der Waals surface area contributed by atoms with Gasteiger partial charge in [0.1, 0.15) is 0 Å². The van der Waals surface area contributed by atoms with Gasteiger partial charge in [-0.15, -0.1) is 0 Å². The van der Waals surface area contributed by atoms with E-state index in [1.165, 1.54) is 19.3 Å². The van der Waals surface area contributed by atoms with Gasteiger partial charge in [0.15, 0.2) is 0 Å². The predicted molar refractivity (Wildman–Crippen MR) is 137 cm³/mol. The molecule has 4 fully saturated rings. The lowest BCUT2D eigenvalue weighted by molar-refractivity contribution is -0.203. The molecule has 6 unspecified atom stereocenters. The third-order valence-electron chi connectivity index (χ3n) is 11.7. The lowest BCUT2D eigenvalue weighted by Crippen LogP contribution is -2.62. The van der Waals surface area contributed by atoms with E-state index in [-0.39, 0.29) is 34.9 Å². The van der Waals surface area contributed by atoms with Crippen molar-refractivity contribution < 1.29 is 27.4 Å². The third kappa shape index (κ3) is 4.98. The van der Waals surface area contributed by atoms with Crippen molar-refractivity contribution in [3.05, 3.63) is 0 Å². The molecule has 0 aromatic heterocycles. The van der Waals surface area contributed by atoms with Crippen molar-refractivity contribution in [2.24, 2.45) is 58.2 Å². The Labute approximate surface area is 213 Å². The van der Waals surface area contributed by atoms with Crippen molar-refractivity contribution in [1.82, 2.24) is 0 Å². The Morgan fingerprint density at radius 1 is 0.971 bits per heavy atom. The van der Waals surface area contributed by atoms with Crippen molar-refractivity contribution in [3.63, 3.8) is 0 Å². The summed E-state index contributed by atoms with van der Waals surface area (Å²) in [7, 11) is -4.48. The molecule has 0 radical (unpaired) electrons. The van der Waals surface area contributed by atoms with Crippen LogP contribution in [0.2, 0.25) is 0 Å². The molecule has 4 aliphatic carbocycles. The molecule has 0 aromatic rings. The molecule has 4 aliphatic rings. The summed E-state index contributed by atoms with van der Waals surface area (Å²) in [5.74, 6) is 2.86. The molecule has 0 heterocycles. The van der Waals surface area contributed by atoms with E-state index in [1.807, 2.05) is 13.8 Å². The Hall–Kier alpha value is -0.210. The Bertz CT molecular complexity index is 860. The lowest BCUT2D eigenvalue weighted by atomic mass is 9.42. The molecule has 0 aliphatic heterocycles. The van der Waals surface area contributed by atoms with Gasteiger partial charge in [-0.25, -0.2) is 4.18 Å². The first-order valence-electron chi connectivity index (χ1n) is 14.2. The normalized spacial score (nSPS) is 47.6. The smallest absolute Gasteiger partial charge is 0.393 e. The molecule has 4 saturated carbocycles. The summed E-state index contributed by atoms with van der Waals surface area (Å²) >= 11 is 0. The fourth-order valence-electron chi connectivity index (χ4n) is 9.65. The van der Waals surface area contributed by atoms with E-state index in [0.717, 1.165) is 38.0 Å². The van der Waals surface area contributed by atoms with Gasteiger partial charge in [-0.3, -0.25) is 4.55 Å². The molecule has 0 bridgehead atoms. The minimum absolute atomic E-state index is 0.0265. The first kappa shape index (κ1) is 27.8. The van der Waals surface area contributed by atoms with E-state index < -0.39 is 16.5 Å². The Morgan fingerprint density at radius 2 is 1.66 bits per heavy atom. The number of rotatable bonds is 7. The average Bonchev–Trinajstić information content (AvgIpc) is 3.10. The zero-order chi connectivity index (χ0) is 25.9. The van der Waals surface area contributed by atoms with Crippen molar-refractivity contribution in [2.45, 2.75) is 118 Å². The molecular formula is C28H50O6S. The van der Waals surface area contributed by atoms with Crippen molar-refractivity contribution >= 4 is 10.4 Å². The Kier molecular flexibility index (Phi) is 7.81. The van der Waals surface area contributed by atoms with Crippen LogP contribution in [0.15, 0.2) is 0 Å². The number of hydrogen-bond donors (Lipinski definition) is 3. The molecule has 0 aromatic carbocycles. The van der Waals surface area contributed by atoms with Crippen LogP contribution in [0.5, 0.6) is 0 Å². The van der Waals surface area contributed by atoms with E-state index in [0.29, 0.717) is 36.0 Å². The predicted octanol–water partition coefficient (Wildman–Crippen LogP) is 5.48. The molecule has 7 heteroatoms. The van der Waals surface area contributed by atoms with Gasteiger partial charge >= 0.3 is 10.4 Å². The van der Waals surface area contributed by atoms with Gasteiger partial charge in [-0.1, -0.05) is 48.0 Å². The molecule has 4 rings (SSSR count). The van der Waals surface area contributed by atoms with Crippen LogP contribution in [0.25, 0.3) is 0 Å². The monoisotopic (exact) mass is 514 g/mol. The fourth-order valence-corrected chi connectivity index (χ4v) is 10.3. The molecular weight excluding hydrogens is 464 g/mol. The maximum atomic E-state index is 11.7. The quantitative estimate of drug-likeness (QED) is 0.389. The van der Waals surface area contributed by atoms with Gasteiger partial charge in [0.2, 0.25) is 0 Å². The summed E-state index contributed by atoms with van der Waals surface area (Å²) in [6, 6.07) is 0. The van der Waals surface area contributed by atoms with Crippen molar-refractivity contribution in [3.8, 4) is 0 Å². The van der Waals surface area contributed by atoms with Crippen LogP contribution in [-0.4, -0.2) is 41.5 Å². The molecule has 6 nitrogen and oxygen atoms in total. The topological polar surface area (TPSA) is 104 Å². The van der Waals surface area contributed by atoms with Gasteiger partial charge in [0.25, 0.3) is 0 Å². The number of aliphatic hydroxyl groups is 2. The third-order valence-corrected chi connectivity index (χ3v) is 12.2. The summed E-state index contributed by atoms with van der Waals surface area (Å²) in [6.45, 7) is 13.1. The van der Waals surface area contributed by atoms with Crippen LogP contribution in [0, 0.1) is 58.2 Å². The number of aliphatic hydroxyl groups excluding tert-OH is 2. The second-order valence-corrected chi connectivity index (χ2v) is 14.9. The van der Waals surface area contributed by atoms with Gasteiger partial charge in [-0.05, 0) is 110 Å².